The Morgan fingerprint density at radius 2 is 0.783 bits per heavy atom. The molecule has 60 heavy (non-hydrogen) atoms. The van der Waals surface area contributed by atoms with Gasteiger partial charge in [-0.15, -0.1) is 0 Å². The predicted octanol–water partition coefficient (Wildman–Crippen LogP) is 15.9. The summed E-state index contributed by atoms with van der Waals surface area (Å²) >= 11 is 0. The van der Waals surface area contributed by atoms with Crippen LogP contribution in [0.25, 0.3) is 0 Å². The summed E-state index contributed by atoms with van der Waals surface area (Å²) in [6.07, 6.45) is 58.8. The highest BCUT2D eigenvalue weighted by Crippen LogP contribution is 2.16. The summed E-state index contributed by atoms with van der Waals surface area (Å²) < 4.78 is 5.45. The van der Waals surface area contributed by atoms with Crippen molar-refractivity contribution >= 4 is 11.9 Å². The normalized spacial score (nSPS) is 12.8. The molecule has 0 radical (unpaired) electrons. The molecule has 2 atom stereocenters. The lowest BCUT2D eigenvalue weighted by Crippen LogP contribution is -2.45. The van der Waals surface area contributed by atoms with Crippen LogP contribution in [0.1, 0.15) is 284 Å². The van der Waals surface area contributed by atoms with Crippen LogP contribution in [0.5, 0.6) is 0 Å². The molecule has 0 aromatic heterocycles. The maximum atomic E-state index is 12.4. The van der Waals surface area contributed by atoms with Crippen LogP contribution in [0.2, 0.25) is 0 Å². The van der Waals surface area contributed by atoms with Crippen molar-refractivity contribution in [2.75, 3.05) is 13.2 Å². The summed E-state index contributed by atoms with van der Waals surface area (Å²) in [6.45, 7) is 4.90. The van der Waals surface area contributed by atoms with E-state index >= 15 is 0 Å². The standard InChI is InChI=1S/C54H103NO5/c1-3-5-7-9-11-13-14-28-32-36-40-44-48-54(59)60-49-45-41-37-33-29-26-24-22-20-18-16-15-17-19-21-23-25-27-31-35-39-43-47-53(58)55-51(50-56)52(57)46-42-38-34-30-12-10-8-6-4-2/h11,13,17,19,51-52,56-57H,3-10,12,14-16,18,20-50H2,1-2H3,(H,55,58)/b13-11-,19-17-. The molecule has 0 heterocycles. The minimum atomic E-state index is -0.666. The molecule has 0 aromatic rings. The minimum absolute atomic E-state index is 0.000586. The van der Waals surface area contributed by atoms with E-state index < -0.39 is 12.1 Å². The summed E-state index contributed by atoms with van der Waals surface area (Å²) in [5.74, 6) is -0.0453. The molecule has 0 aliphatic rings. The number of hydrogen-bond donors (Lipinski definition) is 3. The van der Waals surface area contributed by atoms with Gasteiger partial charge in [0.1, 0.15) is 0 Å². The molecule has 3 N–H and O–H groups in total. The molecule has 0 fully saturated rings. The molecular formula is C54H103NO5. The van der Waals surface area contributed by atoms with E-state index in [1.165, 1.54) is 205 Å². The third-order valence-electron chi connectivity index (χ3n) is 12.2. The Bertz CT molecular complexity index is 935. The van der Waals surface area contributed by atoms with Crippen LogP contribution >= 0.6 is 0 Å². The quantitative estimate of drug-likeness (QED) is 0.0322. The fourth-order valence-electron chi connectivity index (χ4n) is 8.10. The third-order valence-corrected chi connectivity index (χ3v) is 12.2. The van der Waals surface area contributed by atoms with Crippen LogP contribution in [0, 0.1) is 0 Å². The Morgan fingerprint density at radius 1 is 0.450 bits per heavy atom. The number of hydrogen-bond acceptors (Lipinski definition) is 5. The van der Waals surface area contributed by atoms with Gasteiger partial charge < -0.3 is 20.3 Å². The van der Waals surface area contributed by atoms with Crippen molar-refractivity contribution in [3.05, 3.63) is 24.3 Å². The number of aliphatic hydroxyl groups excluding tert-OH is 2. The second-order valence-corrected chi connectivity index (χ2v) is 18.2. The molecule has 6 nitrogen and oxygen atoms in total. The van der Waals surface area contributed by atoms with Gasteiger partial charge in [-0.3, -0.25) is 9.59 Å². The summed E-state index contributed by atoms with van der Waals surface area (Å²) in [5, 5.41) is 23.1. The average Bonchev–Trinajstić information content (AvgIpc) is 3.25. The van der Waals surface area contributed by atoms with Crippen molar-refractivity contribution < 1.29 is 24.5 Å². The van der Waals surface area contributed by atoms with E-state index in [0.29, 0.717) is 25.9 Å². The Labute approximate surface area is 373 Å². The van der Waals surface area contributed by atoms with Crippen LogP contribution in [-0.2, 0) is 14.3 Å². The molecule has 2 unspecified atom stereocenters. The smallest absolute Gasteiger partial charge is 0.305 e. The summed E-state index contributed by atoms with van der Waals surface area (Å²) in [4.78, 5) is 24.4. The topological polar surface area (TPSA) is 95.9 Å². The van der Waals surface area contributed by atoms with E-state index in [4.69, 9.17) is 4.74 Å². The predicted molar refractivity (Wildman–Crippen MR) is 260 cm³/mol. The van der Waals surface area contributed by atoms with Crippen LogP contribution < -0.4 is 5.32 Å². The molecule has 354 valence electrons. The van der Waals surface area contributed by atoms with E-state index in [0.717, 1.165) is 44.9 Å². The number of carbonyl (C=O) groups excluding carboxylic acids is 2. The Kier molecular flexibility index (Phi) is 48.6. The Hall–Kier alpha value is -1.66. The zero-order chi connectivity index (χ0) is 43.7. The molecular weight excluding hydrogens is 743 g/mol. The molecule has 6 heteroatoms. The number of aliphatic hydroxyl groups is 2. The van der Waals surface area contributed by atoms with Crippen LogP contribution in [-0.4, -0.2) is 47.4 Å². The number of unbranched alkanes of at least 4 members (excludes halogenated alkanes) is 34. The lowest BCUT2D eigenvalue weighted by Gasteiger charge is -2.22. The molecule has 0 bridgehead atoms. The van der Waals surface area contributed by atoms with Gasteiger partial charge in [-0.25, -0.2) is 0 Å². The first-order chi connectivity index (χ1) is 29.5. The van der Waals surface area contributed by atoms with Crippen LogP contribution in [0.15, 0.2) is 24.3 Å². The van der Waals surface area contributed by atoms with E-state index in [-0.39, 0.29) is 18.5 Å². The van der Waals surface area contributed by atoms with Crippen molar-refractivity contribution in [1.29, 1.82) is 0 Å². The number of nitrogens with one attached hydrogen (secondary N) is 1. The number of amides is 1. The minimum Gasteiger partial charge on any atom is -0.466 e. The van der Waals surface area contributed by atoms with Crippen LogP contribution in [0.4, 0.5) is 0 Å². The van der Waals surface area contributed by atoms with Crippen molar-refractivity contribution in [3.63, 3.8) is 0 Å². The lowest BCUT2D eigenvalue weighted by molar-refractivity contribution is -0.143. The van der Waals surface area contributed by atoms with E-state index in [1.54, 1.807) is 0 Å². The molecule has 0 rings (SSSR count). The Morgan fingerprint density at radius 3 is 1.22 bits per heavy atom. The van der Waals surface area contributed by atoms with Crippen molar-refractivity contribution in [3.8, 4) is 0 Å². The Balaban J connectivity index is 3.40. The maximum absolute atomic E-state index is 12.4. The number of esters is 1. The van der Waals surface area contributed by atoms with Crippen LogP contribution in [0.3, 0.4) is 0 Å². The molecule has 0 aliphatic heterocycles. The molecule has 1 amide bonds. The number of ether oxygens (including phenoxy) is 1. The summed E-state index contributed by atoms with van der Waals surface area (Å²) in [5.41, 5.74) is 0. The first-order valence-corrected chi connectivity index (χ1v) is 26.6. The molecule has 0 aromatic carbocycles. The first kappa shape index (κ1) is 58.3. The van der Waals surface area contributed by atoms with Gasteiger partial charge in [0.05, 0.1) is 25.4 Å². The van der Waals surface area contributed by atoms with E-state index in [1.807, 2.05) is 0 Å². The van der Waals surface area contributed by atoms with E-state index in [2.05, 4.69) is 43.5 Å². The van der Waals surface area contributed by atoms with Crippen molar-refractivity contribution in [1.82, 2.24) is 5.32 Å². The largest absolute Gasteiger partial charge is 0.466 e. The third kappa shape index (κ3) is 45.9. The SMILES string of the molecule is CCCCC/C=C\CCCCCCCC(=O)OCCCCCCCCCCCCC/C=C\CCCCCCCCCC(=O)NC(CO)C(O)CCCCCCCCCCC. The maximum Gasteiger partial charge on any atom is 0.305 e. The molecule has 0 saturated heterocycles. The van der Waals surface area contributed by atoms with E-state index in [9.17, 15) is 19.8 Å². The second-order valence-electron chi connectivity index (χ2n) is 18.2. The zero-order valence-corrected chi connectivity index (χ0v) is 40.2. The van der Waals surface area contributed by atoms with Gasteiger partial charge in [0.2, 0.25) is 5.91 Å². The van der Waals surface area contributed by atoms with Gasteiger partial charge in [0, 0.05) is 12.8 Å². The van der Waals surface area contributed by atoms with Crippen molar-refractivity contribution in [2.24, 2.45) is 0 Å². The number of allylic oxidation sites excluding steroid dienone is 4. The monoisotopic (exact) mass is 846 g/mol. The van der Waals surface area contributed by atoms with Gasteiger partial charge in [-0.2, -0.15) is 0 Å². The van der Waals surface area contributed by atoms with Gasteiger partial charge in [0.25, 0.3) is 0 Å². The highest BCUT2D eigenvalue weighted by atomic mass is 16.5. The second kappa shape index (κ2) is 50.0. The zero-order valence-electron chi connectivity index (χ0n) is 40.2. The summed E-state index contributed by atoms with van der Waals surface area (Å²) in [7, 11) is 0. The lowest BCUT2D eigenvalue weighted by atomic mass is 10.0. The molecule has 0 saturated carbocycles. The number of rotatable bonds is 49. The van der Waals surface area contributed by atoms with Gasteiger partial charge in [0.15, 0.2) is 0 Å². The van der Waals surface area contributed by atoms with Gasteiger partial charge in [-0.1, -0.05) is 218 Å². The average molecular weight is 846 g/mol. The number of carbonyl (C=O) groups is 2. The fraction of sp³-hybridized carbons (Fsp3) is 0.889. The first-order valence-electron chi connectivity index (χ1n) is 26.6. The van der Waals surface area contributed by atoms with Crippen molar-refractivity contribution in [2.45, 2.75) is 296 Å². The van der Waals surface area contributed by atoms with Gasteiger partial charge >= 0.3 is 5.97 Å². The molecule has 0 spiro atoms. The highest BCUT2D eigenvalue weighted by molar-refractivity contribution is 5.76. The highest BCUT2D eigenvalue weighted by Gasteiger charge is 2.20. The van der Waals surface area contributed by atoms with Gasteiger partial charge in [-0.05, 0) is 77.0 Å². The summed E-state index contributed by atoms with van der Waals surface area (Å²) in [6, 6.07) is -0.544. The fourth-order valence-corrected chi connectivity index (χ4v) is 8.10. The molecule has 0 aliphatic carbocycles.